The largest absolute Gasteiger partial charge is 0.497 e. The Morgan fingerprint density at radius 2 is 1.68 bits per heavy atom. The average Bonchev–Trinajstić information content (AvgIpc) is 2.93. The van der Waals surface area contributed by atoms with Gasteiger partial charge in [-0.25, -0.2) is 13.8 Å². The molecular weight excluding hydrogens is 494 g/mol. The minimum atomic E-state index is -4.11. The second kappa shape index (κ2) is 13.3. The molecule has 9 nitrogen and oxygen atoms in total. The van der Waals surface area contributed by atoms with E-state index in [-0.39, 0.29) is 16.3 Å². The van der Waals surface area contributed by atoms with E-state index in [1.807, 2.05) is 24.3 Å². The van der Waals surface area contributed by atoms with E-state index in [2.05, 4.69) is 17.5 Å². The summed E-state index contributed by atoms with van der Waals surface area (Å²) < 4.78 is 44.3. The molecule has 3 aromatic carbocycles. The Morgan fingerprint density at radius 1 is 0.973 bits per heavy atom. The number of hydrazone groups is 1. The maximum absolute atomic E-state index is 13.5. The molecular formula is C27H31N3O6S. The molecule has 0 saturated heterocycles. The molecule has 0 aliphatic rings. The number of rotatable bonds is 13. The van der Waals surface area contributed by atoms with Gasteiger partial charge >= 0.3 is 0 Å². The number of carbonyl (C=O) groups is 1. The summed E-state index contributed by atoms with van der Waals surface area (Å²) in [5.41, 5.74) is 3.33. The van der Waals surface area contributed by atoms with Crippen molar-refractivity contribution in [1.82, 2.24) is 5.43 Å². The summed E-state index contributed by atoms with van der Waals surface area (Å²) in [6.45, 7) is 2.23. The van der Waals surface area contributed by atoms with Crippen molar-refractivity contribution in [3.63, 3.8) is 0 Å². The maximum Gasteiger partial charge on any atom is 0.264 e. The van der Waals surface area contributed by atoms with Crippen LogP contribution in [0.3, 0.4) is 0 Å². The van der Waals surface area contributed by atoms with Gasteiger partial charge in [-0.2, -0.15) is 5.10 Å². The number of benzene rings is 3. The molecule has 0 fully saturated rings. The summed E-state index contributed by atoms with van der Waals surface area (Å²) in [4.78, 5) is 12.8. The number of nitrogens with zero attached hydrogens (tertiary/aromatic N) is 2. The molecule has 0 radical (unpaired) electrons. The minimum Gasteiger partial charge on any atom is -0.497 e. The summed E-state index contributed by atoms with van der Waals surface area (Å²) in [6, 6.07) is 19.8. The number of sulfonamides is 1. The molecule has 0 aromatic heterocycles. The van der Waals surface area contributed by atoms with Crippen LogP contribution in [0, 0.1) is 0 Å². The predicted octanol–water partition coefficient (Wildman–Crippen LogP) is 4.23. The lowest BCUT2D eigenvalue weighted by Crippen LogP contribution is -2.39. The SMILES string of the molecule is CCCCOc1ccc(/C=N/NC(=O)CN(c2ccc(OC)cc2OC)S(=O)(=O)c2ccccc2)cc1. The molecule has 0 unspecified atom stereocenters. The van der Waals surface area contributed by atoms with Crippen LogP contribution in [-0.4, -0.2) is 47.9 Å². The van der Waals surface area contributed by atoms with Gasteiger partial charge in [0.1, 0.15) is 23.8 Å². The van der Waals surface area contributed by atoms with Crippen LogP contribution in [0.25, 0.3) is 0 Å². The number of ether oxygens (including phenoxy) is 3. The van der Waals surface area contributed by atoms with Crippen LogP contribution >= 0.6 is 0 Å². The Labute approximate surface area is 217 Å². The molecule has 0 saturated carbocycles. The van der Waals surface area contributed by atoms with E-state index in [4.69, 9.17) is 14.2 Å². The Kier molecular flexibility index (Phi) is 9.91. The highest BCUT2D eigenvalue weighted by molar-refractivity contribution is 7.92. The number of nitrogens with one attached hydrogen (secondary N) is 1. The molecule has 10 heteroatoms. The van der Waals surface area contributed by atoms with Gasteiger partial charge in [0.2, 0.25) is 0 Å². The van der Waals surface area contributed by atoms with Crippen molar-refractivity contribution in [3.8, 4) is 17.2 Å². The van der Waals surface area contributed by atoms with Crippen LogP contribution < -0.4 is 23.9 Å². The third-order valence-corrected chi connectivity index (χ3v) is 7.10. The zero-order valence-electron chi connectivity index (χ0n) is 21.1. The molecule has 196 valence electrons. The maximum atomic E-state index is 13.5. The minimum absolute atomic E-state index is 0.0328. The number of unbranched alkanes of at least 4 members (excludes halogenated alkanes) is 1. The molecule has 0 bridgehead atoms. The molecule has 0 spiro atoms. The van der Waals surface area contributed by atoms with E-state index >= 15 is 0 Å². The standard InChI is InChI=1S/C27H31N3O6S/c1-4-5-17-36-22-13-11-21(12-14-22)19-28-29-27(31)20-30(37(32,33)24-9-7-6-8-10-24)25-16-15-23(34-2)18-26(25)35-3/h6-16,18-19H,4-5,17,20H2,1-3H3,(H,29,31)/b28-19+. The third kappa shape index (κ3) is 7.47. The van der Waals surface area contributed by atoms with Crippen LogP contribution in [0.1, 0.15) is 25.3 Å². The van der Waals surface area contributed by atoms with Gasteiger partial charge in [-0.1, -0.05) is 31.5 Å². The Hall–Kier alpha value is -4.05. The van der Waals surface area contributed by atoms with E-state index in [9.17, 15) is 13.2 Å². The van der Waals surface area contributed by atoms with E-state index in [0.717, 1.165) is 28.5 Å². The van der Waals surface area contributed by atoms with Crippen LogP contribution in [0.2, 0.25) is 0 Å². The number of hydrogen-bond donors (Lipinski definition) is 1. The molecule has 3 aromatic rings. The monoisotopic (exact) mass is 525 g/mol. The highest BCUT2D eigenvalue weighted by Crippen LogP contribution is 2.35. The first-order chi connectivity index (χ1) is 17.9. The van der Waals surface area contributed by atoms with Crippen LogP contribution in [-0.2, 0) is 14.8 Å². The highest BCUT2D eigenvalue weighted by Gasteiger charge is 2.29. The summed E-state index contributed by atoms with van der Waals surface area (Å²) in [6.07, 6.45) is 3.51. The van der Waals surface area contributed by atoms with Crippen molar-refractivity contribution in [1.29, 1.82) is 0 Å². The molecule has 37 heavy (non-hydrogen) atoms. The van der Waals surface area contributed by atoms with Gasteiger partial charge in [0, 0.05) is 6.07 Å². The first kappa shape index (κ1) is 27.5. The van der Waals surface area contributed by atoms with Gasteiger partial charge in [0.05, 0.1) is 37.6 Å². The van der Waals surface area contributed by atoms with Gasteiger partial charge in [-0.15, -0.1) is 0 Å². The fourth-order valence-corrected chi connectivity index (χ4v) is 4.79. The van der Waals surface area contributed by atoms with Gasteiger partial charge < -0.3 is 14.2 Å². The van der Waals surface area contributed by atoms with Gasteiger partial charge in [-0.3, -0.25) is 9.10 Å². The molecule has 1 N–H and O–H groups in total. The molecule has 0 aliphatic carbocycles. The van der Waals surface area contributed by atoms with E-state index in [1.54, 1.807) is 30.3 Å². The fourth-order valence-electron chi connectivity index (χ4n) is 3.34. The summed E-state index contributed by atoms with van der Waals surface area (Å²) in [7, 11) is -1.20. The van der Waals surface area contributed by atoms with Crippen molar-refractivity contribution >= 4 is 27.8 Å². The van der Waals surface area contributed by atoms with Crippen molar-refractivity contribution in [3.05, 3.63) is 78.4 Å². The number of anilines is 1. The number of amides is 1. The van der Waals surface area contributed by atoms with Gasteiger partial charge in [-0.05, 0) is 60.5 Å². The van der Waals surface area contributed by atoms with E-state index < -0.39 is 22.5 Å². The normalized spacial score (nSPS) is 11.2. The van der Waals surface area contributed by atoms with Gasteiger partial charge in [0.25, 0.3) is 15.9 Å². The fraction of sp³-hybridized carbons (Fsp3) is 0.259. The smallest absolute Gasteiger partial charge is 0.264 e. The third-order valence-electron chi connectivity index (χ3n) is 5.32. The number of methoxy groups -OCH3 is 2. The molecule has 0 atom stereocenters. The lowest BCUT2D eigenvalue weighted by molar-refractivity contribution is -0.119. The van der Waals surface area contributed by atoms with Crippen LogP contribution in [0.4, 0.5) is 5.69 Å². The summed E-state index contributed by atoms with van der Waals surface area (Å²) in [5, 5.41) is 3.98. The summed E-state index contributed by atoms with van der Waals surface area (Å²) >= 11 is 0. The second-order valence-corrected chi connectivity index (χ2v) is 9.79. The topological polar surface area (TPSA) is 107 Å². The zero-order chi connectivity index (χ0) is 26.7. The second-order valence-electron chi connectivity index (χ2n) is 7.93. The van der Waals surface area contributed by atoms with Crippen molar-refractivity contribution in [2.24, 2.45) is 5.10 Å². The molecule has 0 aliphatic heterocycles. The predicted molar refractivity (Wildman–Crippen MR) is 143 cm³/mol. The lowest BCUT2D eigenvalue weighted by Gasteiger charge is -2.25. The van der Waals surface area contributed by atoms with Crippen LogP contribution in [0.15, 0.2) is 82.8 Å². The lowest BCUT2D eigenvalue weighted by atomic mass is 10.2. The average molecular weight is 526 g/mol. The summed E-state index contributed by atoms with van der Waals surface area (Å²) in [5.74, 6) is 0.836. The van der Waals surface area contributed by atoms with Gasteiger partial charge in [0.15, 0.2) is 0 Å². The first-order valence-electron chi connectivity index (χ1n) is 11.7. The Morgan fingerprint density at radius 3 is 2.32 bits per heavy atom. The number of carbonyl (C=O) groups excluding carboxylic acids is 1. The van der Waals surface area contributed by atoms with E-state index in [0.29, 0.717) is 12.4 Å². The Balaban J connectivity index is 1.78. The number of hydrogen-bond acceptors (Lipinski definition) is 7. The quantitative estimate of drug-likeness (QED) is 0.203. The Bertz CT molecular complexity index is 1300. The molecule has 1 amide bonds. The van der Waals surface area contributed by atoms with Crippen molar-refractivity contribution in [2.75, 3.05) is 31.7 Å². The molecule has 3 rings (SSSR count). The van der Waals surface area contributed by atoms with Crippen LogP contribution in [0.5, 0.6) is 17.2 Å². The first-order valence-corrected chi connectivity index (χ1v) is 13.2. The molecule has 0 heterocycles. The zero-order valence-corrected chi connectivity index (χ0v) is 21.9. The van der Waals surface area contributed by atoms with Crippen molar-refractivity contribution < 1.29 is 27.4 Å². The van der Waals surface area contributed by atoms with E-state index in [1.165, 1.54) is 38.6 Å². The highest BCUT2D eigenvalue weighted by atomic mass is 32.2. The van der Waals surface area contributed by atoms with Crippen molar-refractivity contribution in [2.45, 2.75) is 24.7 Å².